The average Bonchev–Trinajstić information content (AvgIpc) is 3.33. The lowest BCUT2D eigenvalue weighted by molar-refractivity contribution is -0.114. The summed E-state index contributed by atoms with van der Waals surface area (Å²) in [6.45, 7) is 1.87. The van der Waals surface area contributed by atoms with Crippen LogP contribution in [0.2, 0.25) is 5.02 Å². The minimum atomic E-state index is -0.484. The van der Waals surface area contributed by atoms with Crippen molar-refractivity contribution >= 4 is 69.3 Å². The number of carbonyl (C=O) groups is 3. The number of hydrogen-bond donors (Lipinski definition) is 3. The molecule has 0 spiro atoms. The van der Waals surface area contributed by atoms with Gasteiger partial charge in [-0.05, 0) is 67.1 Å². The fourth-order valence-corrected chi connectivity index (χ4v) is 4.75. The molecule has 3 amide bonds. The Morgan fingerprint density at radius 1 is 0.947 bits per heavy atom. The molecule has 0 unspecified atom stereocenters. The second kappa shape index (κ2) is 13.0. The highest BCUT2D eigenvalue weighted by Gasteiger charge is 2.15. The van der Waals surface area contributed by atoms with E-state index in [0.29, 0.717) is 27.0 Å². The number of nitrogens with zero attached hydrogens (tertiary/aromatic N) is 1. The van der Waals surface area contributed by atoms with Crippen LogP contribution in [-0.4, -0.2) is 28.5 Å². The van der Waals surface area contributed by atoms with Crippen LogP contribution >= 0.6 is 34.7 Å². The second-order valence-corrected chi connectivity index (χ2v) is 10.4. The predicted molar refractivity (Wildman–Crippen MR) is 155 cm³/mol. The Balaban J connectivity index is 1.40. The van der Waals surface area contributed by atoms with Crippen molar-refractivity contribution in [3.63, 3.8) is 0 Å². The van der Waals surface area contributed by atoms with E-state index in [0.717, 1.165) is 10.6 Å². The summed E-state index contributed by atoms with van der Waals surface area (Å²) >= 11 is 8.73. The van der Waals surface area contributed by atoms with Crippen LogP contribution < -0.4 is 16.0 Å². The highest BCUT2D eigenvalue weighted by atomic mass is 35.5. The van der Waals surface area contributed by atoms with Gasteiger partial charge < -0.3 is 16.0 Å². The maximum Gasteiger partial charge on any atom is 0.272 e. The summed E-state index contributed by atoms with van der Waals surface area (Å²) < 4.78 is 0. The Kier molecular flexibility index (Phi) is 9.31. The zero-order valence-corrected chi connectivity index (χ0v) is 22.6. The highest BCUT2D eigenvalue weighted by Crippen LogP contribution is 2.22. The summed E-state index contributed by atoms with van der Waals surface area (Å²) in [5, 5.41) is 11.3. The van der Waals surface area contributed by atoms with Crippen molar-refractivity contribution in [3.8, 4) is 0 Å². The first-order valence-corrected chi connectivity index (χ1v) is 13.7. The first-order chi connectivity index (χ1) is 18.4. The fourth-order valence-electron chi connectivity index (χ4n) is 3.22. The number of thiazole rings is 1. The van der Waals surface area contributed by atoms with Crippen molar-refractivity contribution in [1.29, 1.82) is 0 Å². The molecule has 3 aromatic carbocycles. The smallest absolute Gasteiger partial charge is 0.272 e. The molecule has 0 saturated heterocycles. The van der Waals surface area contributed by atoms with Gasteiger partial charge in [0, 0.05) is 26.5 Å². The van der Waals surface area contributed by atoms with E-state index in [2.05, 4.69) is 20.9 Å². The van der Waals surface area contributed by atoms with Gasteiger partial charge in [-0.2, -0.15) is 0 Å². The van der Waals surface area contributed by atoms with Crippen LogP contribution in [0.25, 0.3) is 6.08 Å². The van der Waals surface area contributed by atoms with Crippen LogP contribution in [-0.2, 0) is 9.59 Å². The first-order valence-electron chi connectivity index (χ1n) is 11.5. The van der Waals surface area contributed by atoms with Gasteiger partial charge in [-0.15, -0.1) is 23.1 Å². The standard InChI is InChI=1S/C28H23ClN4O3S2/c1-18-16-38-28(30-18)33-25(34)17-37-23-13-11-22(12-14-23)31-27(36)24(15-19-7-9-21(29)10-8-19)32-26(35)20-5-3-2-4-6-20/h2-16H,17H2,1H3,(H,31,36)(H,32,35)(H,30,33,34)/b24-15-. The Morgan fingerprint density at radius 3 is 2.32 bits per heavy atom. The lowest BCUT2D eigenvalue weighted by atomic mass is 10.1. The lowest BCUT2D eigenvalue weighted by Gasteiger charge is -2.12. The molecule has 7 nitrogen and oxygen atoms in total. The number of aromatic nitrogens is 1. The number of thioether (sulfide) groups is 1. The molecule has 0 fully saturated rings. The number of nitrogens with one attached hydrogen (secondary N) is 3. The van der Waals surface area contributed by atoms with E-state index in [1.165, 1.54) is 23.1 Å². The first kappa shape index (κ1) is 27.1. The van der Waals surface area contributed by atoms with Crippen LogP contribution in [0.5, 0.6) is 0 Å². The summed E-state index contributed by atoms with van der Waals surface area (Å²) in [4.78, 5) is 43.2. The number of aryl methyl sites for hydroxylation is 1. The van der Waals surface area contributed by atoms with E-state index in [9.17, 15) is 14.4 Å². The van der Waals surface area contributed by atoms with Gasteiger partial charge in [0.05, 0.1) is 11.4 Å². The Bertz CT molecular complexity index is 1450. The molecule has 1 aromatic heterocycles. The number of benzene rings is 3. The van der Waals surface area contributed by atoms with E-state index in [4.69, 9.17) is 11.6 Å². The third-order valence-corrected chi connectivity index (χ3v) is 7.20. The van der Waals surface area contributed by atoms with Crippen LogP contribution in [0.4, 0.5) is 10.8 Å². The summed E-state index contributed by atoms with van der Waals surface area (Å²) in [7, 11) is 0. The molecule has 0 aliphatic heterocycles. The number of hydrogen-bond acceptors (Lipinski definition) is 6. The van der Waals surface area contributed by atoms with Crippen molar-refractivity contribution in [2.24, 2.45) is 0 Å². The van der Waals surface area contributed by atoms with Crippen molar-refractivity contribution in [2.45, 2.75) is 11.8 Å². The van der Waals surface area contributed by atoms with Gasteiger partial charge in [0.15, 0.2) is 5.13 Å². The maximum absolute atomic E-state index is 13.1. The molecule has 38 heavy (non-hydrogen) atoms. The summed E-state index contributed by atoms with van der Waals surface area (Å²) in [5.74, 6) is -0.807. The molecule has 192 valence electrons. The van der Waals surface area contributed by atoms with Crippen molar-refractivity contribution in [3.05, 3.63) is 112 Å². The Labute approximate surface area is 233 Å². The number of halogens is 1. The van der Waals surface area contributed by atoms with Gasteiger partial charge in [0.2, 0.25) is 5.91 Å². The number of amides is 3. The largest absolute Gasteiger partial charge is 0.321 e. The topological polar surface area (TPSA) is 100 Å². The Hall–Kier alpha value is -3.92. The van der Waals surface area contributed by atoms with Gasteiger partial charge in [0.25, 0.3) is 11.8 Å². The summed E-state index contributed by atoms with van der Waals surface area (Å²) in [6.07, 6.45) is 1.58. The van der Waals surface area contributed by atoms with Crippen molar-refractivity contribution in [1.82, 2.24) is 10.3 Å². The molecule has 4 aromatic rings. The molecule has 0 saturated carbocycles. The van der Waals surface area contributed by atoms with Crippen LogP contribution in [0.1, 0.15) is 21.6 Å². The van der Waals surface area contributed by atoms with Crippen molar-refractivity contribution < 1.29 is 14.4 Å². The van der Waals surface area contributed by atoms with E-state index in [1.54, 1.807) is 66.7 Å². The molecule has 0 aliphatic rings. The van der Waals surface area contributed by atoms with Crippen LogP contribution in [0, 0.1) is 6.92 Å². The lowest BCUT2D eigenvalue weighted by Crippen LogP contribution is -2.30. The number of carbonyl (C=O) groups excluding carboxylic acids is 3. The molecule has 4 rings (SSSR count). The minimum absolute atomic E-state index is 0.0775. The monoisotopic (exact) mass is 562 g/mol. The summed E-state index contributed by atoms with van der Waals surface area (Å²) in [6, 6.07) is 22.7. The van der Waals surface area contributed by atoms with E-state index in [1.807, 2.05) is 30.5 Å². The van der Waals surface area contributed by atoms with Crippen LogP contribution in [0.3, 0.4) is 0 Å². The van der Waals surface area contributed by atoms with E-state index in [-0.39, 0.29) is 17.4 Å². The van der Waals surface area contributed by atoms with Crippen molar-refractivity contribution in [2.75, 3.05) is 16.4 Å². The zero-order chi connectivity index (χ0) is 26.9. The molecule has 1 heterocycles. The van der Waals surface area contributed by atoms with Crippen LogP contribution in [0.15, 0.2) is 94.8 Å². The molecular formula is C28H23ClN4O3S2. The molecule has 0 radical (unpaired) electrons. The Morgan fingerprint density at radius 2 is 1.66 bits per heavy atom. The normalized spacial score (nSPS) is 11.1. The third-order valence-electron chi connectivity index (χ3n) is 5.06. The minimum Gasteiger partial charge on any atom is -0.321 e. The SMILES string of the molecule is Cc1csc(NC(=O)CSc2ccc(NC(=O)/C(=C/c3ccc(Cl)cc3)NC(=O)c3ccccc3)cc2)n1. The van der Waals surface area contributed by atoms with E-state index < -0.39 is 11.8 Å². The zero-order valence-electron chi connectivity index (χ0n) is 20.2. The molecule has 0 bridgehead atoms. The quantitative estimate of drug-likeness (QED) is 0.165. The molecule has 3 N–H and O–H groups in total. The fraction of sp³-hybridized carbons (Fsp3) is 0.0714. The van der Waals surface area contributed by atoms with Gasteiger partial charge >= 0.3 is 0 Å². The highest BCUT2D eigenvalue weighted by molar-refractivity contribution is 8.00. The average molecular weight is 563 g/mol. The van der Waals surface area contributed by atoms with Gasteiger partial charge in [-0.1, -0.05) is 41.9 Å². The number of anilines is 2. The molecular weight excluding hydrogens is 540 g/mol. The number of rotatable bonds is 9. The van der Waals surface area contributed by atoms with Gasteiger partial charge in [-0.25, -0.2) is 4.98 Å². The third kappa shape index (κ3) is 8.04. The molecule has 10 heteroatoms. The van der Waals surface area contributed by atoms with Gasteiger partial charge in [-0.3, -0.25) is 14.4 Å². The van der Waals surface area contributed by atoms with Gasteiger partial charge in [0.1, 0.15) is 5.70 Å². The molecule has 0 aliphatic carbocycles. The summed E-state index contributed by atoms with van der Waals surface area (Å²) in [5.41, 5.74) is 2.61. The molecule has 0 atom stereocenters. The second-order valence-electron chi connectivity index (χ2n) is 8.04. The predicted octanol–water partition coefficient (Wildman–Crippen LogP) is 6.25. The van der Waals surface area contributed by atoms with E-state index >= 15 is 0 Å². The maximum atomic E-state index is 13.1.